The Kier molecular flexibility index (Phi) is 7.29. The van der Waals surface area contributed by atoms with Gasteiger partial charge in [-0.25, -0.2) is 4.98 Å². The second-order valence-corrected chi connectivity index (χ2v) is 9.42. The molecule has 2 aromatic carbocycles. The Morgan fingerprint density at radius 1 is 1.12 bits per heavy atom. The quantitative estimate of drug-likeness (QED) is 0.496. The van der Waals surface area contributed by atoms with Crippen LogP contribution in [0.1, 0.15) is 17.0 Å². The fourth-order valence-electron chi connectivity index (χ4n) is 2.96. The summed E-state index contributed by atoms with van der Waals surface area (Å²) in [5.74, 6) is 0.417. The minimum absolute atomic E-state index is 0.106. The third-order valence-electron chi connectivity index (χ3n) is 4.65. The summed E-state index contributed by atoms with van der Waals surface area (Å²) < 4.78 is 38.4. The highest BCUT2D eigenvalue weighted by molar-refractivity contribution is 7.86. The number of oxazole rings is 1. The molecule has 3 aromatic rings. The van der Waals surface area contributed by atoms with Gasteiger partial charge in [0.25, 0.3) is 10.2 Å². The molecule has 1 aromatic heterocycles. The normalized spacial score (nSPS) is 11.8. The Morgan fingerprint density at radius 3 is 2.50 bits per heavy atom. The largest absolute Gasteiger partial charge is 0.487 e. The topological polar surface area (TPSA) is 113 Å². The van der Waals surface area contributed by atoms with Crippen molar-refractivity contribution >= 4 is 16.2 Å². The molecule has 0 bridgehead atoms. The molecule has 0 fully saturated rings. The summed E-state index contributed by atoms with van der Waals surface area (Å²) >= 11 is 0. The number of rotatable bonds is 10. The number of carbonyl (C=O) groups is 1. The van der Waals surface area contributed by atoms with Gasteiger partial charge in [-0.1, -0.05) is 30.3 Å². The third kappa shape index (κ3) is 5.72. The molecule has 3 rings (SSSR count). The van der Waals surface area contributed by atoms with E-state index in [0.717, 1.165) is 14.2 Å². The predicted molar refractivity (Wildman–Crippen MR) is 118 cm³/mol. The van der Waals surface area contributed by atoms with E-state index in [4.69, 9.17) is 14.3 Å². The molecule has 0 spiro atoms. The summed E-state index contributed by atoms with van der Waals surface area (Å²) in [7, 11) is -1.20. The van der Waals surface area contributed by atoms with E-state index < -0.39 is 22.7 Å². The summed E-state index contributed by atoms with van der Waals surface area (Å²) in [6.45, 7) is 1.22. The lowest BCUT2D eigenvalue weighted by Gasteiger charge is -2.24. The van der Waals surface area contributed by atoms with Crippen LogP contribution in [0.3, 0.4) is 0 Å². The van der Waals surface area contributed by atoms with Crippen molar-refractivity contribution < 1.29 is 27.5 Å². The van der Waals surface area contributed by atoms with E-state index >= 15 is 0 Å². The third-order valence-corrected chi connectivity index (χ3v) is 6.48. The lowest BCUT2D eigenvalue weighted by Crippen LogP contribution is -2.42. The monoisotopic (exact) mass is 459 g/mol. The number of ether oxygens (including phenoxy) is 1. The Hall–Kier alpha value is -3.21. The van der Waals surface area contributed by atoms with Gasteiger partial charge in [-0.3, -0.25) is 4.79 Å². The lowest BCUT2D eigenvalue weighted by atomic mass is 10.2. The first-order valence-electron chi connectivity index (χ1n) is 9.79. The van der Waals surface area contributed by atoms with Gasteiger partial charge >= 0.3 is 5.97 Å². The highest BCUT2D eigenvalue weighted by Crippen LogP contribution is 2.23. The van der Waals surface area contributed by atoms with Crippen molar-refractivity contribution in [1.29, 1.82) is 0 Å². The molecule has 0 amide bonds. The minimum atomic E-state index is -3.91. The molecular weight excluding hydrogens is 434 g/mol. The van der Waals surface area contributed by atoms with Crippen molar-refractivity contribution in [2.45, 2.75) is 20.1 Å². The number of hydrogen-bond donors (Lipinski definition) is 1. The van der Waals surface area contributed by atoms with Crippen molar-refractivity contribution in [3.8, 4) is 17.2 Å². The maximum Gasteiger partial charge on any atom is 0.318 e. The maximum absolute atomic E-state index is 12.5. The van der Waals surface area contributed by atoms with Crippen LogP contribution in [0.25, 0.3) is 11.5 Å². The van der Waals surface area contributed by atoms with Crippen molar-refractivity contribution in [3.63, 3.8) is 0 Å². The number of aliphatic carboxylic acids is 1. The number of benzene rings is 2. The van der Waals surface area contributed by atoms with Crippen LogP contribution in [0, 0.1) is 6.92 Å². The Morgan fingerprint density at radius 2 is 1.84 bits per heavy atom. The fourth-order valence-corrected chi connectivity index (χ4v) is 4.00. The molecule has 1 heterocycles. The zero-order valence-corrected chi connectivity index (χ0v) is 18.9. The van der Waals surface area contributed by atoms with Crippen LogP contribution in [0.15, 0.2) is 59.0 Å². The van der Waals surface area contributed by atoms with Crippen LogP contribution in [-0.2, 0) is 28.2 Å². The fraction of sp³-hybridized carbons (Fsp3) is 0.273. The van der Waals surface area contributed by atoms with Crippen molar-refractivity contribution in [2.24, 2.45) is 0 Å². The molecule has 0 unspecified atom stereocenters. The summed E-state index contributed by atoms with van der Waals surface area (Å²) in [6.07, 6.45) is 0. The van der Waals surface area contributed by atoms with E-state index in [2.05, 4.69) is 4.98 Å². The SMILES string of the molecule is Cc1oc(-c2ccccc2)nc1COc1cccc(CN(CC(=O)O)S(=O)(=O)N(C)C)c1. The van der Waals surface area contributed by atoms with Gasteiger partial charge in [0, 0.05) is 26.2 Å². The summed E-state index contributed by atoms with van der Waals surface area (Å²) in [6, 6.07) is 16.4. The van der Waals surface area contributed by atoms with Crippen LogP contribution in [0.4, 0.5) is 0 Å². The van der Waals surface area contributed by atoms with Gasteiger partial charge in [-0.05, 0) is 36.8 Å². The molecule has 0 saturated carbocycles. The Balaban J connectivity index is 1.72. The molecule has 9 nitrogen and oxygen atoms in total. The molecule has 0 aliphatic rings. The molecule has 32 heavy (non-hydrogen) atoms. The zero-order chi connectivity index (χ0) is 23.3. The Bertz CT molecular complexity index is 1180. The van der Waals surface area contributed by atoms with Gasteiger partial charge in [-0.15, -0.1) is 0 Å². The molecule has 170 valence electrons. The first-order valence-corrected chi connectivity index (χ1v) is 11.2. The van der Waals surface area contributed by atoms with Crippen LogP contribution in [0.5, 0.6) is 5.75 Å². The average molecular weight is 460 g/mol. The summed E-state index contributed by atoms with van der Waals surface area (Å²) in [5.41, 5.74) is 2.11. The van der Waals surface area contributed by atoms with Crippen molar-refractivity contribution in [1.82, 2.24) is 13.6 Å². The van der Waals surface area contributed by atoms with E-state index in [1.807, 2.05) is 37.3 Å². The molecule has 0 saturated heterocycles. The van der Waals surface area contributed by atoms with E-state index in [0.29, 0.717) is 28.7 Å². The highest BCUT2D eigenvalue weighted by atomic mass is 32.2. The standard InChI is InChI=1S/C22H25N3O6S/c1-16-20(23-22(31-16)18-9-5-4-6-10-18)15-30-19-11-7-8-17(12-19)13-25(14-21(26)27)32(28,29)24(2)3/h4-12H,13-15H2,1-3H3,(H,26,27). The lowest BCUT2D eigenvalue weighted by molar-refractivity contribution is -0.137. The van der Waals surface area contributed by atoms with Crippen LogP contribution >= 0.6 is 0 Å². The number of carboxylic acids is 1. The van der Waals surface area contributed by atoms with Crippen molar-refractivity contribution in [2.75, 3.05) is 20.6 Å². The smallest absolute Gasteiger partial charge is 0.318 e. The van der Waals surface area contributed by atoms with E-state index in [-0.39, 0.29) is 13.2 Å². The molecule has 0 radical (unpaired) electrons. The number of nitrogens with zero attached hydrogens (tertiary/aromatic N) is 3. The summed E-state index contributed by atoms with van der Waals surface area (Å²) in [4.78, 5) is 15.7. The second-order valence-electron chi connectivity index (χ2n) is 7.28. The van der Waals surface area contributed by atoms with Gasteiger partial charge < -0.3 is 14.3 Å². The molecule has 0 aliphatic heterocycles. The number of aryl methyl sites for hydroxylation is 1. The van der Waals surface area contributed by atoms with E-state index in [1.165, 1.54) is 14.1 Å². The van der Waals surface area contributed by atoms with Crippen LogP contribution < -0.4 is 4.74 Å². The van der Waals surface area contributed by atoms with Gasteiger partial charge in [0.15, 0.2) is 0 Å². The number of carboxylic acid groups (broad SMARTS) is 1. The predicted octanol–water partition coefficient (Wildman–Crippen LogP) is 2.92. The first kappa shape index (κ1) is 23.5. The highest BCUT2D eigenvalue weighted by Gasteiger charge is 2.27. The average Bonchev–Trinajstić information content (AvgIpc) is 3.13. The van der Waals surface area contributed by atoms with E-state index in [1.54, 1.807) is 24.3 Å². The molecule has 0 aliphatic carbocycles. The first-order chi connectivity index (χ1) is 15.2. The maximum atomic E-state index is 12.5. The van der Waals surface area contributed by atoms with Crippen molar-refractivity contribution in [3.05, 3.63) is 71.6 Å². The van der Waals surface area contributed by atoms with Gasteiger partial charge in [-0.2, -0.15) is 17.0 Å². The molecule has 10 heteroatoms. The number of aromatic nitrogens is 1. The molecule has 0 atom stereocenters. The summed E-state index contributed by atoms with van der Waals surface area (Å²) in [5, 5.41) is 9.12. The molecular formula is C22H25N3O6S. The van der Waals surface area contributed by atoms with Gasteiger partial charge in [0.1, 0.15) is 30.4 Å². The van der Waals surface area contributed by atoms with Gasteiger partial charge in [0.05, 0.1) is 0 Å². The Labute approximate surface area is 187 Å². The zero-order valence-electron chi connectivity index (χ0n) is 18.1. The van der Waals surface area contributed by atoms with Crippen LogP contribution in [0.2, 0.25) is 0 Å². The van der Waals surface area contributed by atoms with E-state index in [9.17, 15) is 13.2 Å². The minimum Gasteiger partial charge on any atom is -0.487 e. The van der Waals surface area contributed by atoms with Gasteiger partial charge in [0.2, 0.25) is 5.89 Å². The van der Waals surface area contributed by atoms with Crippen LogP contribution in [-0.4, -0.2) is 53.7 Å². The molecule has 1 N–H and O–H groups in total. The second kappa shape index (κ2) is 9.94. The number of hydrogen-bond acceptors (Lipinski definition) is 6.